The van der Waals surface area contributed by atoms with Crippen molar-refractivity contribution in [2.24, 2.45) is 0 Å². The highest BCUT2D eigenvalue weighted by Gasteiger charge is 2.03. The van der Waals surface area contributed by atoms with Crippen LogP contribution < -0.4 is 5.32 Å². The minimum atomic E-state index is -0.256. The van der Waals surface area contributed by atoms with Gasteiger partial charge in [-0.3, -0.25) is 0 Å². The van der Waals surface area contributed by atoms with Crippen molar-refractivity contribution in [3.05, 3.63) is 57.8 Å². The first-order valence-electron chi connectivity index (χ1n) is 5.53. The van der Waals surface area contributed by atoms with E-state index < -0.39 is 0 Å². The van der Waals surface area contributed by atoms with E-state index in [1.165, 1.54) is 6.07 Å². The molecule has 4 heteroatoms. The van der Waals surface area contributed by atoms with Crippen molar-refractivity contribution in [1.82, 2.24) is 0 Å². The third kappa shape index (κ3) is 3.01. The largest absolute Gasteiger partial charge is 0.508 e. The highest BCUT2D eigenvalue weighted by atomic mass is 79.9. The van der Waals surface area contributed by atoms with E-state index in [-0.39, 0.29) is 11.6 Å². The van der Waals surface area contributed by atoms with Gasteiger partial charge in [0.2, 0.25) is 0 Å². The fraction of sp³-hybridized carbons (Fsp3) is 0.143. The molecule has 0 unspecified atom stereocenters. The van der Waals surface area contributed by atoms with Crippen LogP contribution >= 0.6 is 15.9 Å². The molecule has 2 rings (SSSR count). The van der Waals surface area contributed by atoms with Crippen LogP contribution in [0.5, 0.6) is 5.75 Å². The topological polar surface area (TPSA) is 32.3 Å². The normalized spacial score (nSPS) is 10.4. The van der Waals surface area contributed by atoms with Gasteiger partial charge in [0.1, 0.15) is 11.6 Å². The van der Waals surface area contributed by atoms with Crippen LogP contribution in [0.1, 0.15) is 11.1 Å². The lowest BCUT2D eigenvalue weighted by Gasteiger charge is -2.09. The van der Waals surface area contributed by atoms with Crippen LogP contribution in [-0.4, -0.2) is 5.11 Å². The third-order valence-electron chi connectivity index (χ3n) is 2.71. The quantitative estimate of drug-likeness (QED) is 0.890. The molecular weight excluding hydrogens is 297 g/mol. The Hall–Kier alpha value is -1.55. The molecule has 2 aromatic carbocycles. The lowest BCUT2D eigenvalue weighted by atomic mass is 10.2. The Bertz CT molecular complexity index is 572. The van der Waals surface area contributed by atoms with Crippen molar-refractivity contribution < 1.29 is 9.50 Å². The van der Waals surface area contributed by atoms with Gasteiger partial charge in [-0.25, -0.2) is 4.39 Å². The molecule has 0 aliphatic carbocycles. The van der Waals surface area contributed by atoms with Gasteiger partial charge in [-0.15, -0.1) is 0 Å². The zero-order valence-electron chi connectivity index (χ0n) is 9.87. The van der Waals surface area contributed by atoms with Gasteiger partial charge in [-0.2, -0.15) is 0 Å². The summed E-state index contributed by atoms with van der Waals surface area (Å²) in [6.07, 6.45) is 0. The number of aryl methyl sites for hydroxylation is 1. The summed E-state index contributed by atoms with van der Waals surface area (Å²) in [5.74, 6) is -0.0236. The number of hydrogen-bond donors (Lipinski definition) is 2. The molecule has 0 radical (unpaired) electrons. The predicted molar refractivity (Wildman–Crippen MR) is 74.3 cm³/mol. The molecule has 94 valence electrons. The Morgan fingerprint density at radius 2 is 2.00 bits per heavy atom. The van der Waals surface area contributed by atoms with Crippen molar-refractivity contribution in [1.29, 1.82) is 0 Å². The summed E-state index contributed by atoms with van der Waals surface area (Å²) in [6, 6.07) is 10.3. The molecule has 0 amide bonds. The van der Waals surface area contributed by atoms with Crippen molar-refractivity contribution in [3.8, 4) is 5.75 Å². The van der Waals surface area contributed by atoms with Crippen molar-refractivity contribution in [2.45, 2.75) is 13.5 Å². The molecule has 0 aliphatic rings. The Balaban J connectivity index is 2.09. The molecule has 2 aromatic rings. The first kappa shape index (κ1) is 12.9. The molecule has 0 saturated heterocycles. The second-order valence-electron chi connectivity index (χ2n) is 4.09. The van der Waals surface area contributed by atoms with Gasteiger partial charge in [0.25, 0.3) is 0 Å². The summed E-state index contributed by atoms with van der Waals surface area (Å²) in [6.45, 7) is 2.20. The number of nitrogens with one attached hydrogen (secondary N) is 1. The highest BCUT2D eigenvalue weighted by molar-refractivity contribution is 9.10. The predicted octanol–water partition coefficient (Wildman–Crippen LogP) is 4.21. The minimum Gasteiger partial charge on any atom is -0.508 e. The zero-order valence-corrected chi connectivity index (χ0v) is 11.5. The van der Waals surface area contributed by atoms with E-state index in [9.17, 15) is 9.50 Å². The fourth-order valence-corrected chi connectivity index (χ4v) is 1.91. The van der Waals surface area contributed by atoms with Gasteiger partial charge in [-0.1, -0.05) is 28.1 Å². The van der Waals surface area contributed by atoms with Crippen LogP contribution in [0.25, 0.3) is 0 Å². The summed E-state index contributed by atoms with van der Waals surface area (Å²) in [5.41, 5.74) is 2.16. The van der Waals surface area contributed by atoms with E-state index in [0.29, 0.717) is 12.1 Å². The molecule has 0 saturated carbocycles. The van der Waals surface area contributed by atoms with Crippen LogP contribution in [0.2, 0.25) is 0 Å². The van der Waals surface area contributed by atoms with Crippen molar-refractivity contribution in [2.75, 3.05) is 5.32 Å². The maximum atomic E-state index is 13.6. The smallest absolute Gasteiger partial charge is 0.129 e. The second kappa shape index (κ2) is 5.40. The van der Waals surface area contributed by atoms with Gasteiger partial charge >= 0.3 is 0 Å². The van der Waals surface area contributed by atoms with Crippen molar-refractivity contribution in [3.63, 3.8) is 0 Å². The number of halogens is 2. The summed E-state index contributed by atoms with van der Waals surface area (Å²) >= 11 is 3.22. The summed E-state index contributed by atoms with van der Waals surface area (Å²) < 4.78 is 14.3. The maximum Gasteiger partial charge on any atom is 0.129 e. The number of phenolic OH excluding ortho intramolecular Hbond substituents is 1. The molecule has 2 N–H and O–H groups in total. The number of hydrogen-bond acceptors (Lipinski definition) is 2. The summed E-state index contributed by atoms with van der Waals surface area (Å²) in [4.78, 5) is 0. The van der Waals surface area contributed by atoms with E-state index in [1.807, 2.05) is 19.1 Å². The lowest BCUT2D eigenvalue weighted by molar-refractivity contribution is 0.471. The summed E-state index contributed by atoms with van der Waals surface area (Å²) in [5, 5.41) is 12.6. The zero-order chi connectivity index (χ0) is 13.1. The average Bonchev–Trinajstić information content (AvgIpc) is 2.32. The van der Waals surface area contributed by atoms with Crippen LogP contribution in [-0.2, 0) is 6.54 Å². The molecule has 0 aliphatic heterocycles. The van der Waals surface area contributed by atoms with Crippen molar-refractivity contribution >= 4 is 21.6 Å². The van der Waals surface area contributed by atoms with E-state index in [0.717, 1.165) is 15.7 Å². The van der Waals surface area contributed by atoms with Gasteiger partial charge < -0.3 is 10.4 Å². The second-order valence-corrected chi connectivity index (χ2v) is 5.01. The highest BCUT2D eigenvalue weighted by Crippen LogP contribution is 2.22. The SMILES string of the molecule is Cc1ccc(NCc2ccc(Br)cc2F)cc1O. The van der Waals surface area contributed by atoms with Gasteiger partial charge in [0.05, 0.1) is 0 Å². The molecule has 0 bridgehead atoms. The Morgan fingerprint density at radius 3 is 2.67 bits per heavy atom. The molecular formula is C14H13BrFNO. The molecule has 0 fully saturated rings. The molecule has 0 aromatic heterocycles. The molecule has 2 nitrogen and oxygen atoms in total. The van der Waals surface area contributed by atoms with Gasteiger partial charge in [0, 0.05) is 28.3 Å². The standard InChI is InChI=1S/C14H13BrFNO/c1-9-2-5-12(7-14(9)18)17-8-10-3-4-11(15)6-13(10)16/h2-7,17-18H,8H2,1H3. The average molecular weight is 310 g/mol. The first-order valence-corrected chi connectivity index (χ1v) is 6.33. The summed E-state index contributed by atoms with van der Waals surface area (Å²) in [7, 11) is 0. The maximum absolute atomic E-state index is 13.6. The van der Waals surface area contributed by atoms with E-state index in [2.05, 4.69) is 21.2 Å². The van der Waals surface area contributed by atoms with E-state index in [1.54, 1.807) is 18.2 Å². The number of anilines is 1. The van der Waals surface area contributed by atoms with Crippen LogP contribution in [0.15, 0.2) is 40.9 Å². The number of rotatable bonds is 3. The minimum absolute atomic E-state index is 0.233. The molecule has 0 heterocycles. The number of aromatic hydroxyl groups is 1. The van der Waals surface area contributed by atoms with E-state index >= 15 is 0 Å². The molecule has 18 heavy (non-hydrogen) atoms. The Morgan fingerprint density at radius 1 is 1.22 bits per heavy atom. The Labute approximate surface area is 114 Å². The third-order valence-corrected chi connectivity index (χ3v) is 3.20. The lowest BCUT2D eigenvalue weighted by Crippen LogP contribution is -2.01. The fourth-order valence-electron chi connectivity index (χ4n) is 1.58. The van der Waals surface area contributed by atoms with Gasteiger partial charge in [-0.05, 0) is 30.7 Å². The number of benzene rings is 2. The van der Waals surface area contributed by atoms with Crippen LogP contribution in [0.3, 0.4) is 0 Å². The Kier molecular flexibility index (Phi) is 3.87. The monoisotopic (exact) mass is 309 g/mol. The first-order chi connectivity index (χ1) is 8.56. The van der Waals surface area contributed by atoms with Crippen LogP contribution in [0, 0.1) is 12.7 Å². The number of phenols is 1. The molecule has 0 spiro atoms. The van der Waals surface area contributed by atoms with Gasteiger partial charge in [0.15, 0.2) is 0 Å². The van der Waals surface area contributed by atoms with E-state index in [4.69, 9.17) is 0 Å². The van der Waals surface area contributed by atoms with Crippen LogP contribution in [0.4, 0.5) is 10.1 Å². The molecule has 0 atom stereocenters.